The van der Waals surface area contributed by atoms with Crippen LogP contribution in [0.5, 0.6) is 0 Å². The first-order valence-electron chi connectivity index (χ1n) is 7.01. The number of carbonyl (C=O) groups excluding carboxylic acids is 1. The smallest absolute Gasteiger partial charge is 0.293 e. The van der Waals surface area contributed by atoms with E-state index in [0.29, 0.717) is 6.54 Å². The number of aryl methyl sites for hydroxylation is 1. The molecule has 1 aromatic carbocycles. The lowest BCUT2D eigenvalue weighted by Crippen LogP contribution is -2.27. The number of H-pyrrole nitrogens is 1. The number of aromatic amines is 1. The third-order valence-corrected chi connectivity index (χ3v) is 3.27. The average molecular weight is 286 g/mol. The Morgan fingerprint density at radius 2 is 1.86 bits per heavy atom. The van der Waals surface area contributed by atoms with Crippen LogP contribution in [0.2, 0.25) is 0 Å². The number of carbonyl (C=O) groups is 1. The molecule has 0 saturated carbocycles. The van der Waals surface area contributed by atoms with Crippen molar-refractivity contribution >= 4 is 5.91 Å². The Kier molecular flexibility index (Phi) is 4.11. The van der Waals surface area contributed by atoms with Gasteiger partial charge in [0.05, 0.1) is 0 Å². The Hall–Kier alpha value is -2.17. The molecule has 1 heterocycles. The predicted octanol–water partition coefficient (Wildman–Crippen LogP) is 2.68. The molecule has 0 unspecified atom stereocenters. The molecular weight excluding hydrogens is 264 g/mol. The summed E-state index contributed by atoms with van der Waals surface area (Å²) in [6.45, 7) is 8.66. The highest BCUT2D eigenvalue weighted by Crippen LogP contribution is 2.17. The Morgan fingerprint density at radius 1 is 1.24 bits per heavy atom. The van der Waals surface area contributed by atoms with Gasteiger partial charge in [-0.2, -0.15) is 0 Å². The maximum atomic E-state index is 12.3. The topological polar surface area (TPSA) is 61.9 Å². The molecule has 1 N–H and O–H groups in total. The molecule has 2 aromatic rings. The molecule has 0 fully saturated rings. The van der Waals surface area contributed by atoms with Crippen molar-refractivity contribution in [2.75, 3.05) is 7.05 Å². The minimum Gasteiger partial charge on any atom is -0.335 e. The van der Waals surface area contributed by atoms with Gasteiger partial charge in [0, 0.05) is 19.0 Å². The number of aromatic nitrogens is 3. The second kappa shape index (κ2) is 5.68. The third-order valence-electron chi connectivity index (χ3n) is 3.27. The molecule has 5 nitrogen and oxygen atoms in total. The highest BCUT2D eigenvalue weighted by Gasteiger charge is 2.23. The Balaban J connectivity index is 2.08. The van der Waals surface area contributed by atoms with Gasteiger partial charge in [-0.15, -0.1) is 5.10 Å². The van der Waals surface area contributed by atoms with Crippen LogP contribution in [0, 0.1) is 6.92 Å². The average Bonchev–Trinajstić information content (AvgIpc) is 2.90. The number of nitrogens with zero attached hydrogens (tertiary/aromatic N) is 3. The normalized spacial score (nSPS) is 11.5. The van der Waals surface area contributed by atoms with Gasteiger partial charge in [0.15, 0.2) is 0 Å². The second-order valence-corrected chi connectivity index (χ2v) is 6.40. The molecule has 5 heteroatoms. The van der Waals surface area contributed by atoms with Gasteiger partial charge in [-0.3, -0.25) is 9.89 Å². The fraction of sp³-hybridized carbons (Fsp3) is 0.438. The standard InChI is InChI=1S/C16H22N4O/c1-11-6-8-12(9-7-11)10-20(5)14(21)13-17-15(19-18-13)16(2,3)4/h6-9H,10H2,1-5H3,(H,17,18,19). The molecule has 0 bridgehead atoms. The van der Waals surface area contributed by atoms with E-state index in [1.54, 1.807) is 11.9 Å². The van der Waals surface area contributed by atoms with Crippen LogP contribution in [0.1, 0.15) is 48.3 Å². The highest BCUT2D eigenvalue weighted by atomic mass is 16.2. The van der Waals surface area contributed by atoms with Crippen LogP contribution >= 0.6 is 0 Å². The first kappa shape index (κ1) is 15.2. The van der Waals surface area contributed by atoms with E-state index in [4.69, 9.17) is 0 Å². The molecule has 112 valence electrons. The predicted molar refractivity (Wildman–Crippen MR) is 82.1 cm³/mol. The molecule has 2 rings (SSSR count). The number of amides is 1. The maximum absolute atomic E-state index is 12.3. The number of nitrogens with one attached hydrogen (secondary N) is 1. The van der Waals surface area contributed by atoms with Crippen molar-refractivity contribution in [3.8, 4) is 0 Å². The van der Waals surface area contributed by atoms with E-state index in [1.165, 1.54) is 5.56 Å². The van der Waals surface area contributed by atoms with E-state index in [2.05, 4.69) is 15.2 Å². The van der Waals surface area contributed by atoms with Crippen LogP contribution in [0.15, 0.2) is 24.3 Å². The quantitative estimate of drug-likeness (QED) is 0.943. The SMILES string of the molecule is Cc1ccc(CN(C)C(=O)c2n[nH]c(C(C)(C)C)n2)cc1. The minimum atomic E-state index is -0.178. The van der Waals surface area contributed by atoms with Crippen LogP contribution in [0.4, 0.5) is 0 Å². The summed E-state index contributed by atoms with van der Waals surface area (Å²) >= 11 is 0. The van der Waals surface area contributed by atoms with E-state index in [1.807, 2.05) is 52.0 Å². The van der Waals surface area contributed by atoms with Crippen LogP contribution in [0.3, 0.4) is 0 Å². The molecular formula is C16H22N4O. The van der Waals surface area contributed by atoms with Gasteiger partial charge >= 0.3 is 0 Å². The summed E-state index contributed by atoms with van der Waals surface area (Å²) in [4.78, 5) is 18.3. The van der Waals surface area contributed by atoms with E-state index in [-0.39, 0.29) is 17.1 Å². The van der Waals surface area contributed by atoms with Crippen molar-refractivity contribution in [2.24, 2.45) is 0 Å². The lowest BCUT2D eigenvalue weighted by Gasteiger charge is -2.16. The zero-order valence-electron chi connectivity index (χ0n) is 13.3. The van der Waals surface area contributed by atoms with Crippen molar-refractivity contribution < 1.29 is 4.79 Å². The maximum Gasteiger partial charge on any atom is 0.293 e. The Labute approximate surface area is 125 Å². The highest BCUT2D eigenvalue weighted by molar-refractivity contribution is 5.90. The van der Waals surface area contributed by atoms with E-state index >= 15 is 0 Å². The van der Waals surface area contributed by atoms with Gasteiger partial charge in [-0.05, 0) is 12.5 Å². The van der Waals surface area contributed by atoms with Gasteiger partial charge < -0.3 is 4.90 Å². The van der Waals surface area contributed by atoms with Crippen molar-refractivity contribution in [2.45, 2.75) is 39.7 Å². The van der Waals surface area contributed by atoms with Gasteiger partial charge in [0.1, 0.15) is 5.82 Å². The van der Waals surface area contributed by atoms with Crippen molar-refractivity contribution in [1.29, 1.82) is 0 Å². The molecule has 0 aliphatic rings. The Bertz CT molecular complexity index is 622. The summed E-state index contributed by atoms with van der Waals surface area (Å²) in [5.74, 6) is 0.756. The summed E-state index contributed by atoms with van der Waals surface area (Å²) in [5, 5.41) is 6.88. The molecule has 0 aliphatic heterocycles. The lowest BCUT2D eigenvalue weighted by molar-refractivity contribution is 0.0773. The molecule has 0 aliphatic carbocycles. The largest absolute Gasteiger partial charge is 0.335 e. The second-order valence-electron chi connectivity index (χ2n) is 6.40. The van der Waals surface area contributed by atoms with Gasteiger partial charge in [0.25, 0.3) is 5.91 Å². The van der Waals surface area contributed by atoms with E-state index < -0.39 is 0 Å². The first-order chi connectivity index (χ1) is 9.77. The Morgan fingerprint density at radius 3 is 2.38 bits per heavy atom. The summed E-state index contributed by atoms with van der Waals surface area (Å²) < 4.78 is 0. The summed E-state index contributed by atoms with van der Waals surface area (Å²) in [6, 6.07) is 8.13. The van der Waals surface area contributed by atoms with E-state index in [9.17, 15) is 4.79 Å². The minimum absolute atomic E-state index is 0.152. The molecule has 0 radical (unpaired) electrons. The number of hydrogen-bond donors (Lipinski definition) is 1. The third kappa shape index (κ3) is 3.68. The number of rotatable bonds is 3. The zero-order valence-corrected chi connectivity index (χ0v) is 13.3. The number of benzene rings is 1. The van der Waals surface area contributed by atoms with Gasteiger partial charge in [-0.1, -0.05) is 50.6 Å². The monoisotopic (exact) mass is 286 g/mol. The fourth-order valence-electron chi connectivity index (χ4n) is 1.90. The molecule has 1 aromatic heterocycles. The summed E-state index contributed by atoms with van der Waals surface area (Å²) in [7, 11) is 1.76. The van der Waals surface area contributed by atoms with Crippen LogP contribution < -0.4 is 0 Å². The lowest BCUT2D eigenvalue weighted by atomic mass is 9.96. The number of hydrogen-bond acceptors (Lipinski definition) is 3. The van der Waals surface area contributed by atoms with Gasteiger partial charge in [-0.25, -0.2) is 4.98 Å². The fourth-order valence-corrected chi connectivity index (χ4v) is 1.90. The van der Waals surface area contributed by atoms with Crippen LogP contribution in [0.25, 0.3) is 0 Å². The van der Waals surface area contributed by atoms with Crippen LogP contribution in [-0.4, -0.2) is 33.0 Å². The summed E-state index contributed by atoms with van der Waals surface area (Å²) in [5.41, 5.74) is 2.14. The first-order valence-corrected chi connectivity index (χ1v) is 7.01. The summed E-state index contributed by atoms with van der Waals surface area (Å²) in [6.07, 6.45) is 0. The molecule has 21 heavy (non-hydrogen) atoms. The zero-order chi connectivity index (χ0) is 15.6. The molecule has 0 atom stereocenters. The molecule has 1 amide bonds. The van der Waals surface area contributed by atoms with Crippen molar-refractivity contribution in [3.05, 3.63) is 47.0 Å². The molecule has 0 spiro atoms. The molecule has 0 saturated heterocycles. The van der Waals surface area contributed by atoms with Crippen molar-refractivity contribution in [1.82, 2.24) is 20.1 Å². The van der Waals surface area contributed by atoms with Crippen LogP contribution in [-0.2, 0) is 12.0 Å². The van der Waals surface area contributed by atoms with Crippen molar-refractivity contribution in [3.63, 3.8) is 0 Å². The van der Waals surface area contributed by atoms with E-state index in [0.717, 1.165) is 11.4 Å². The van der Waals surface area contributed by atoms with Gasteiger partial charge in [0.2, 0.25) is 5.82 Å².